The van der Waals surface area contributed by atoms with Gasteiger partial charge in [-0.25, -0.2) is 0 Å². The highest BCUT2D eigenvalue weighted by Crippen LogP contribution is 2.09. The number of rotatable bonds is 3. The van der Waals surface area contributed by atoms with Gasteiger partial charge in [-0.05, 0) is 24.3 Å². The molecule has 17 heavy (non-hydrogen) atoms. The number of carbonyl (C=O) groups excluding carboxylic acids is 1. The number of benzene rings is 1. The predicted molar refractivity (Wildman–Crippen MR) is 62.4 cm³/mol. The molecule has 0 unspecified atom stereocenters. The van der Waals surface area contributed by atoms with Crippen LogP contribution >= 0.6 is 11.6 Å². The van der Waals surface area contributed by atoms with E-state index in [1.165, 1.54) is 0 Å². The average molecular weight is 360 g/mol. The van der Waals surface area contributed by atoms with E-state index < -0.39 is 0 Å². The Hall–Kier alpha value is -0.940. The molecule has 0 saturated heterocycles. The van der Waals surface area contributed by atoms with Crippen LogP contribution in [0.3, 0.4) is 0 Å². The molecule has 0 bridgehead atoms. The SMILES string of the molecule is O=C(C[n+]1ccccc1)c1ccc(Cl)cc1.[I-]. The molecule has 0 saturated carbocycles. The fraction of sp³-hybridized carbons (Fsp3) is 0.0769. The molecule has 2 nitrogen and oxygen atoms in total. The van der Waals surface area contributed by atoms with Crippen molar-refractivity contribution in [3.63, 3.8) is 0 Å². The second-order valence-corrected chi connectivity index (χ2v) is 3.91. The number of hydrogen-bond acceptors (Lipinski definition) is 1. The summed E-state index contributed by atoms with van der Waals surface area (Å²) in [5.41, 5.74) is 0.681. The number of hydrogen-bond donors (Lipinski definition) is 0. The van der Waals surface area contributed by atoms with E-state index in [0.717, 1.165) is 0 Å². The topological polar surface area (TPSA) is 20.9 Å². The zero-order valence-corrected chi connectivity index (χ0v) is 11.9. The van der Waals surface area contributed by atoms with Crippen molar-refractivity contribution < 1.29 is 33.3 Å². The van der Waals surface area contributed by atoms with Gasteiger partial charge in [0.25, 0.3) is 0 Å². The summed E-state index contributed by atoms with van der Waals surface area (Å²) in [7, 11) is 0. The molecule has 0 spiro atoms. The highest BCUT2D eigenvalue weighted by Gasteiger charge is 2.10. The Morgan fingerprint density at radius 1 is 1.06 bits per heavy atom. The number of ketones is 1. The van der Waals surface area contributed by atoms with Gasteiger partial charge in [-0.2, -0.15) is 4.57 Å². The van der Waals surface area contributed by atoms with Gasteiger partial charge in [0.05, 0.1) is 0 Å². The van der Waals surface area contributed by atoms with E-state index in [-0.39, 0.29) is 29.8 Å². The summed E-state index contributed by atoms with van der Waals surface area (Å²) in [5, 5.41) is 0.643. The first-order chi connectivity index (χ1) is 7.75. The minimum atomic E-state index is 0. The van der Waals surface area contributed by atoms with Crippen molar-refractivity contribution >= 4 is 17.4 Å². The Kier molecular flexibility index (Phi) is 5.58. The highest BCUT2D eigenvalue weighted by molar-refractivity contribution is 6.30. The van der Waals surface area contributed by atoms with Gasteiger partial charge in [-0.3, -0.25) is 4.79 Å². The third-order valence-electron chi connectivity index (χ3n) is 2.27. The van der Waals surface area contributed by atoms with Crippen LogP contribution in [0.15, 0.2) is 54.9 Å². The molecule has 0 atom stereocenters. The van der Waals surface area contributed by atoms with Crippen molar-refractivity contribution in [3.8, 4) is 0 Å². The number of Topliss-reactive ketones (excluding diaryl/α,β-unsaturated/α-hetero) is 1. The molecule has 0 amide bonds. The zero-order valence-electron chi connectivity index (χ0n) is 9.01. The van der Waals surface area contributed by atoms with Crippen molar-refractivity contribution in [2.45, 2.75) is 6.54 Å². The van der Waals surface area contributed by atoms with E-state index in [9.17, 15) is 4.79 Å². The fourth-order valence-corrected chi connectivity index (χ4v) is 1.56. The standard InChI is InChI=1S/C13H11ClNO.HI/c14-12-6-4-11(5-7-12)13(16)10-15-8-2-1-3-9-15;/h1-9H,10H2;1H/q+1;/p-1. The largest absolute Gasteiger partial charge is 1.00 e. The molecule has 88 valence electrons. The number of aromatic nitrogens is 1. The second-order valence-electron chi connectivity index (χ2n) is 3.48. The Morgan fingerprint density at radius 2 is 1.65 bits per heavy atom. The van der Waals surface area contributed by atoms with Gasteiger partial charge in [0, 0.05) is 22.7 Å². The lowest BCUT2D eigenvalue weighted by Crippen LogP contribution is -3.00. The lowest BCUT2D eigenvalue weighted by atomic mass is 10.1. The van der Waals surface area contributed by atoms with Crippen LogP contribution in [-0.2, 0) is 6.54 Å². The van der Waals surface area contributed by atoms with Crippen LogP contribution in [-0.4, -0.2) is 5.78 Å². The van der Waals surface area contributed by atoms with Gasteiger partial charge in [0.1, 0.15) is 0 Å². The van der Waals surface area contributed by atoms with E-state index in [1.54, 1.807) is 24.3 Å². The van der Waals surface area contributed by atoms with E-state index in [2.05, 4.69) is 0 Å². The molecule has 1 aromatic heterocycles. The van der Waals surface area contributed by atoms with Crippen LogP contribution in [0, 0.1) is 0 Å². The van der Waals surface area contributed by atoms with Gasteiger partial charge in [0.15, 0.2) is 12.4 Å². The molecule has 0 aliphatic heterocycles. The van der Waals surface area contributed by atoms with Crippen molar-refractivity contribution in [2.75, 3.05) is 0 Å². The summed E-state index contributed by atoms with van der Waals surface area (Å²) in [4.78, 5) is 11.9. The Bertz CT molecular complexity index is 485. The highest BCUT2D eigenvalue weighted by atomic mass is 127. The van der Waals surface area contributed by atoms with Crippen LogP contribution in [0.25, 0.3) is 0 Å². The lowest BCUT2D eigenvalue weighted by Gasteiger charge is -1.98. The molecule has 4 heteroatoms. The molecule has 1 aromatic carbocycles. The molecule has 0 fully saturated rings. The fourth-order valence-electron chi connectivity index (χ4n) is 1.43. The minimum absolute atomic E-state index is 0. The number of carbonyl (C=O) groups is 1. The lowest BCUT2D eigenvalue weighted by molar-refractivity contribution is -0.683. The van der Waals surface area contributed by atoms with Crippen LogP contribution in [0.4, 0.5) is 0 Å². The van der Waals surface area contributed by atoms with Gasteiger partial charge >= 0.3 is 0 Å². The maximum atomic E-state index is 11.9. The van der Waals surface area contributed by atoms with Crippen molar-refractivity contribution in [1.82, 2.24) is 0 Å². The number of nitrogens with zero attached hydrogens (tertiary/aromatic N) is 1. The zero-order chi connectivity index (χ0) is 11.4. The van der Waals surface area contributed by atoms with Crippen LogP contribution < -0.4 is 28.5 Å². The smallest absolute Gasteiger partial charge is 0.227 e. The predicted octanol–water partition coefficient (Wildman–Crippen LogP) is -0.486. The monoisotopic (exact) mass is 359 g/mol. The van der Waals surface area contributed by atoms with Gasteiger partial charge in [-0.1, -0.05) is 17.7 Å². The van der Waals surface area contributed by atoms with Crippen molar-refractivity contribution in [2.24, 2.45) is 0 Å². The Balaban J connectivity index is 0.00000144. The number of halogens is 2. The normalized spacial score (nSPS) is 9.47. The number of pyridine rings is 1. The molecular weight excluding hydrogens is 349 g/mol. The molecule has 0 radical (unpaired) electrons. The average Bonchev–Trinajstić information content (AvgIpc) is 2.31. The quantitative estimate of drug-likeness (QED) is 0.412. The van der Waals surface area contributed by atoms with E-state index in [1.807, 2.05) is 35.2 Å². The summed E-state index contributed by atoms with van der Waals surface area (Å²) in [5.74, 6) is 0.0767. The maximum absolute atomic E-state index is 11.9. The van der Waals surface area contributed by atoms with Gasteiger partial charge < -0.3 is 24.0 Å². The first-order valence-electron chi connectivity index (χ1n) is 4.98. The third kappa shape index (κ3) is 4.09. The summed E-state index contributed by atoms with van der Waals surface area (Å²) in [6.07, 6.45) is 3.74. The molecule has 0 aliphatic carbocycles. The van der Waals surface area contributed by atoms with Crippen molar-refractivity contribution in [3.05, 3.63) is 65.4 Å². The van der Waals surface area contributed by atoms with Gasteiger partial charge in [0.2, 0.25) is 12.3 Å². The van der Waals surface area contributed by atoms with Crippen molar-refractivity contribution in [1.29, 1.82) is 0 Å². The van der Waals surface area contributed by atoms with E-state index in [0.29, 0.717) is 17.1 Å². The molecule has 0 N–H and O–H groups in total. The maximum Gasteiger partial charge on any atom is 0.227 e. The van der Waals surface area contributed by atoms with Crippen LogP contribution in [0.5, 0.6) is 0 Å². The first kappa shape index (κ1) is 14.1. The summed E-state index contributed by atoms with van der Waals surface area (Å²) < 4.78 is 1.84. The Morgan fingerprint density at radius 3 is 2.24 bits per heavy atom. The van der Waals surface area contributed by atoms with Gasteiger partial charge in [-0.15, -0.1) is 0 Å². The van der Waals surface area contributed by atoms with E-state index in [4.69, 9.17) is 11.6 Å². The van der Waals surface area contributed by atoms with E-state index >= 15 is 0 Å². The molecule has 2 aromatic rings. The molecule has 0 aliphatic rings. The molecule has 1 heterocycles. The molecule has 2 rings (SSSR count). The summed E-state index contributed by atoms with van der Waals surface area (Å²) in [6, 6.07) is 12.7. The molecular formula is C13H11ClINO. The summed E-state index contributed by atoms with van der Waals surface area (Å²) >= 11 is 5.76. The third-order valence-corrected chi connectivity index (χ3v) is 2.52. The van der Waals surface area contributed by atoms with Crippen LogP contribution in [0.1, 0.15) is 10.4 Å². The summed E-state index contributed by atoms with van der Waals surface area (Å²) in [6.45, 7) is 0.350. The minimum Gasteiger partial charge on any atom is -1.00 e. The van der Waals surface area contributed by atoms with Crippen LogP contribution in [0.2, 0.25) is 5.02 Å². The Labute approximate surface area is 122 Å². The first-order valence-corrected chi connectivity index (χ1v) is 5.36. The second kappa shape index (κ2) is 6.71.